The standard InChI is InChI=1S/C16H18ClN3O2/c1-9-4-6-14(13(17)8-9)20-15(21)7-5-12-10(2)18-11(3)19-16(12)22/h4,6,8H,5,7H2,1-3H3,(H,20,21)(H,18,19,22). The molecule has 2 rings (SSSR count). The maximum Gasteiger partial charge on any atom is 0.254 e. The molecular formula is C16H18ClN3O2. The average Bonchev–Trinajstić information content (AvgIpc) is 2.40. The highest BCUT2D eigenvalue weighted by Gasteiger charge is 2.11. The predicted octanol–water partition coefficient (Wildman–Crippen LogP) is 2.92. The fourth-order valence-corrected chi connectivity index (χ4v) is 2.50. The van der Waals surface area contributed by atoms with Gasteiger partial charge in [0, 0.05) is 17.7 Å². The van der Waals surface area contributed by atoms with E-state index in [1.165, 1.54) is 0 Å². The molecule has 0 spiro atoms. The highest BCUT2D eigenvalue weighted by atomic mass is 35.5. The second-order valence-electron chi connectivity index (χ2n) is 5.25. The molecule has 1 aromatic heterocycles. The van der Waals surface area contributed by atoms with Gasteiger partial charge in [-0.05, 0) is 44.9 Å². The zero-order chi connectivity index (χ0) is 16.3. The molecule has 0 saturated carbocycles. The van der Waals surface area contributed by atoms with E-state index < -0.39 is 0 Å². The Balaban J connectivity index is 2.03. The summed E-state index contributed by atoms with van der Waals surface area (Å²) in [5.74, 6) is 0.382. The van der Waals surface area contributed by atoms with Crippen LogP contribution in [0.15, 0.2) is 23.0 Å². The summed E-state index contributed by atoms with van der Waals surface area (Å²) in [5.41, 5.74) is 2.60. The van der Waals surface area contributed by atoms with Gasteiger partial charge in [0.2, 0.25) is 5.91 Å². The molecule has 1 amide bonds. The number of amides is 1. The molecule has 2 N–H and O–H groups in total. The van der Waals surface area contributed by atoms with Gasteiger partial charge in [-0.15, -0.1) is 0 Å². The van der Waals surface area contributed by atoms with Gasteiger partial charge in [-0.3, -0.25) is 9.59 Å². The molecule has 0 aliphatic heterocycles. The van der Waals surface area contributed by atoms with Crippen LogP contribution in [0.4, 0.5) is 5.69 Å². The number of hydrogen-bond acceptors (Lipinski definition) is 3. The largest absolute Gasteiger partial charge is 0.325 e. The number of benzene rings is 1. The van der Waals surface area contributed by atoms with Crippen molar-refractivity contribution < 1.29 is 4.79 Å². The summed E-state index contributed by atoms with van der Waals surface area (Å²) in [5, 5.41) is 3.25. The van der Waals surface area contributed by atoms with Gasteiger partial charge in [-0.1, -0.05) is 17.7 Å². The number of rotatable bonds is 4. The summed E-state index contributed by atoms with van der Waals surface area (Å²) < 4.78 is 0. The first-order valence-electron chi connectivity index (χ1n) is 6.99. The average molecular weight is 320 g/mol. The molecule has 0 atom stereocenters. The maximum absolute atomic E-state index is 12.0. The molecule has 5 nitrogen and oxygen atoms in total. The second-order valence-corrected chi connectivity index (χ2v) is 5.65. The number of aromatic nitrogens is 2. The topological polar surface area (TPSA) is 74.8 Å². The summed E-state index contributed by atoms with van der Waals surface area (Å²) in [4.78, 5) is 30.7. The van der Waals surface area contributed by atoms with Crippen molar-refractivity contribution >= 4 is 23.2 Å². The van der Waals surface area contributed by atoms with E-state index in [9.17, 15) is 9.59 Å². The van der Waals surface area contributed by atoms with E-state index in [4.69, 9.17) is 11.6 Å². The minimum absolute atomic E-state index is 0.189. The van der Waals surface area contributed by atoms with Crippen molar-refractivity contribution in [1.82, 2.24) is 9.97 Å². The number of anilines is 1. The highest BCUT2D eigenvalue weighted by molar-refractivity contribution is 6.33. The van der Waals surface area contributed by atoms with Crippen LogP contribution in [0.25, 0.3) is 0 Å². The molecule has 0 unspecified atom stereocenters. The number of halogens is 1. The van der Waals surface area contributed by atoms with Crippen molar-refractivity contribution in [1.29, 1.82) is 0 Å². The van der Waals surface area contributed by atoms with Crippen molar-refractivity contribution in [3.05, 3.63) is 56.2 Å². The third-order valence-electron chi connectivity index (χ3n) is 3.34. The first kappa shape index (κ1) is 16.2. The van der Waals surface area contributed by atoms with E-state index in [2.05, 4.69) is 15.3 Å². The number of carbonyl (C=O) groups is 1. The lowest BCUT2D eigenvalue weighted by Crippen LogP contribution is -2.20. The molecule has 2 aromatic rings. The summed E-state index contributed by atoms with van der Waals surface area (Å²) in [7, 11) is 0. The fourth-order valence-electron chi connectivity index (χ4n) is 2.22. The minimum atomic E-state index is -0.190. The van der Waals surface area contributed by atoms with Crippen LogP contribution in [-0.2, 0) is 11.2 Å². The molecule has 0 saturated heterocycles. The summed E-state index contributed by atoms with van der Waals surface area (Å²) in [6.07, 6.45) is 0.530. The van der Waals surface area contributed by atoms with Gasteiger partial charge in [-0.2, -0.15) is 0 Å². The lowest BCUT2D eigenvalue weighted by Gasteiger charge is -2.08. The minimum Gasteiger partial charge on any atom is -0.325 e. The Morgan fingerprint density at radius 3 is 2.68 bits per heavy atom. The Hall–Kier alpha value is -2.14. The van der Waals surface area contributed by atoms with Crippen LogP contribution in [0.1, 0.15) is 29.1 Å². The van der Waals surface area contributed by atoms with Gasteiger partial charge >= 0.3 is 0 Å². The molecule has 6 heteroatoms. The van der Waals surface area contributed by atoms with E-state index in [-0.39, 0.29) is 17.9 Å². The molecule has 0 fully saturated rings. The Labute approximate surface area is 133 Å². The first-order valence-corrected chi connectivity index (χ1v) is 7.37. The second kappa shape index (κ2) is 6.75. The summed E-state index contributed by atoms with van der Waals surface area (Å²) in [6, 6.07) is 5.43. The number of carbonyl (C=O) groups excluding carboxylic acids is 1. The van der Waals surface area contributed by atoms with Gasteiger partial charge in [0.15, 0.2) is 0 Å². The highest BCUT2D eigenvalue weighted by Crippen LogP contribution is 2.22. The Kier molecular flexibility index (Phi) is 4.98. The normalized spacial score (nSPS) is 10.5. The van der Waals surface area contributed by atoms with Gasteiger partial charge in [-0.25, -0.2) is 4.98 Å². The zero-order valence-electron chi connectivity index (χ0n) is 12.8. The Morgan fingerprint density at radius 1 is 1.32 bits per heavy atom. The van der Waals surface area contributed by atoms with E-state index in [0.717, 1.165) is 5.56 Å². The third kappa shape index (κ3) is 3.95. The molecule has 0 aliphatic carbocycles. The first-order chi connectivity index (χ1) is 10.4. The van der Waals surface area contributed by atoms with Crippen LogP contribution in [0.3, 0.4) is 0 Å². The van der Waals surface area contributed by atoms with E-state index in [1.54, 1.807) is 26.0 Å². The summed E-state index contributed by atoms with van der Waals surface area (Å²) >= 11 is 6.08. The molecule has 116 valence electrons. The van der Waals surface area contributed by atoms with Gasteiger partial charge in [0.05, 0.1) is 10.7 Å². The molecule has 22 heavy (non-hydrogen) atoms. The molecule has 1 aromatic carbocycles. The van der Waals surface area contributed by atoms with Crippen molar-refractivity contribution in [2.75, 3.05) is 5.32 Å². The smallest absolute Gasteiger partial charge is 0.254 e. The quantitative estimate of drug-likeness (QED) is 0.909. The summed E-state index contributed by atoms with van der Waals surface area (Å²) in [6.45, 7) is 5.42. The van der Waals surface area contributed by atoms with Crippen LogP contribution >= 0.6 is 11.6 Å². The van der Waals surface area contributed by atoms with E-state index in [0.29, 0.717) is 34.2 Å². The Morgan fingerprint density at radius 2 is 2.05 bits per heavy atom. The van der Waals surface area contributed by atoms with Crippen molar-refractivity contribution in [3.63, 3.8) is 0 Å². The van der Waals surface area contributed by atoms with Crippen LogP contribution in [0, 0.1) is 20.8 Å². The third-order valence-corrected chi connectivity index (χ3v) is 3.65. The van der Waals surface area contributed by atoms with Gasteiger partial charge in [0.25, 0.3) is 5.56 Å². The maximum atomic E-state index is 12.0. The lowest BCUT2D eigenvalue weighted by molar-refractivity contribution is -0.116. The van der Waals surface area contributed by atoms with E-state index >= 15 is 0 Å². The van der Waals surface area contributed by atoms with Gasteiger partial charge < -0.3 is 10.3 Å². The molecular weight excluding hydrogens is 302 g/mol. The fraction of sp³-hybridized carbons (Fsp3) is 0.312. The number of nitrogens with zero attached hydrogens (tertiary/aromatic N) is 1. The van der Waals surface area contributed by atoms with Crippen molar-refractivity contribution in [2.24, 2.45) is 0 Å². The van der Waals surface area contributed by atoms with E-state index in [1.807, 2.05) is 13.0 Å². The van der Waals surface area contributed by atoms with Gasteiger partial charge in [0.1, 0.15) is 5.82 Å². The monoisotopic (exact) mass is 319 g/mol. The number of H-pyrrole nitrogens is 1. The molecule has 0 bridgehead atoms. The van der Waals surface area contributed by atoms with Crippen molar-refractivity contribution in [2.45, 2.75) is 33.6 Å². The SMILES string of the molecule is Cc1ccc(NC(=O)CCc2c(C)nc(C)[nH]c2=O)c(Cl)c1. The Bertz CT molecular complexity index is 768. The van der Waals surface area contributed by atoms with Crippen LogP contribution in [0.5, 0.6) is 0 Å². The number of aryl methyl sites for hydroxylation is 3. The number of hydrogen-bond donors (Lipinski definition) is 2. The van der Waals surface area contributed by atoms with Crippen LogP contribution in [0.2, 0.25) is 5.02 Å². The number of aromatic amines is 1. The lowest BCUT2D eigenvalue weighted by atomic mass is 10.1. The van der Waals surface area contributed by atoms with Crippen LogP contribution in [-0.4, -0.2) is 15.9 Å². The molecule has 0 aliphatic rings. The number of nitrogens with one attached hydrogen (secondary N) is 2. The zero-order valence-corrected chi connectivity index (χ0v) is 13.5. The predicted molar refractivity (Wildman–Crippen MR) is 87.5 cm³/mol. The molecule has 0 radical (unpaired) electrons. The van der Waals surface area contributed by atoms with Crippen molar-refractivity contribution in [3.8, 4) is 0 Å². The van der Waals surface area contributed by atoms with Crippen LogP contribution < -0.4 is 10.9 Å². The molecule has 1 heterocycles.